The van der Waals surface area contributed by atoms with E-state index in [1.165, 1.54) is 33.5 Å². The molecular formula is C28H28N4O6. The molecule has 2 N–H and O–H groups in total. The third-order valence-electron chi connectivity index (χ3n) is 5.97. The average Bonchev–Trinajstić information content (AvgIpc) is 3.23. The molecule has 196 valence electrons. The lowest BCUT2D eigenvalue weighted by Gasteiger charge is -2.13. The van der Waals surface area contributed by atoms with E-state index >= 15 is 0 Å². The lowest BCUT2D eigenvalue weighted by Crippen LogP contribution is -2.28. The lowest BCUT2D eigenvalue weighted by molar-refractivity contribution is -0.117. The molecule has 1 aromatic heterocycles. The number of ether oxygens (including phenoxy) is 3. The van der Waals surface area contributed by atoms with Crippen LogP contribution in [0.3, 0.4) is 0 Å². The van der Waals surface area contributed by atoms with Crippen molar-refractivity contribution in [3.8, 4) is 23.1 Å². The van der Waals surface area contributed by atoms with Crippen LogP contribution in [-0.2, 0) is 17.8 Å². The molecule has 1 heterocycles. The van der Waals surface area contributed by atoms with E-state index in [1.807, 2.05) is 48.5 Å². The molecule has 0 saturated heterocycles. The smallest absolute Gasteiger partial charge is 0.283 e. The molecule has 4 aromatic rings. The molecule has 0 bridgehead atoms. The van der Waals surface area contributed by atoms with E-state index in [9.17, 15) is 14.7 Å². The number of rotatable bonds is 10. The Morgan fingerprint density at radius 2 is 1.58 bits per heavy atom. The molecule has 4 rings (SSSR count). The minimum Gasteiger partial charge on any atom is -0.493 e. The Hall–Kier alpha value is -4.86. The Kier molecular flexibility index (Phi) is 8.22. The molecule has 10 heteroatoms. The normalized spacial score (nSPS) is 11.0. The van der Waals surface area contributed by atoms with Gasteiger partial charge in [-0.1, -0.05) is 48.5 Å². The van der Waals surface area contributed by atoms with Crippen LogP contribution in [0.1, 0.15) is 15.9 Å². The van der Waals surface area contributed by atoms with Crippen molar-refractivity contribution in [2.45, 2.75) is 13.0 Å². The molecule has 0 aliphatic rings. The predicted octanol–water partition coefficient (Wildman–Crippen LogP) is 4.66. The first-order valence-electron chi connectivity index (χ1n) is 11.8. The summed E-state index contributed by atoms with van der Waals surface area (Å²) in [6.07, 6.45) is 0.704. The number of benzene rings is 3. The molecule has 3 aromatic carbocycles. The van der Waals surface area contributed by atoms with Crippen LogP contribution >= 0.6 is 0 Å². The van der Waals surface area contributed by atoms with Crippen molar-refractivity contribution in [2.75, 3.05) is 27.9 Å². The van der Waals surface area contributed by atoms with Crippen LogP contribution in [0.2, 0.25) is 0 Å². The number of hydrogen-bond donors (Lipinski definition) is 2. The number of fused-ring (bicyclic) bond motifs is 1. The van der Waals surface area contributed by atoms with Gasteiger partial charge in [0.2, 0.25) is 11.6 Å². The highest BCUT2D eigenvalue weighted by Gasteiger charge is 2.19. The molecule has 10 nitrogen and oxygen atoms in total. The lowest BCUT2D eigenvalue weighted by atomic mass is 10.1. The number of aromatic hydroxyl groups is 1. The number of nitrogens with one attached hydrogen (secondary N) is 1. The van der Waals surface area contributed by atoms with Crippen LogP contribution in [0, 0.1) is 0 Å². The maximum atomic E-state index is 12.6. The Bertz CT molecular complexity index is 1450. The maximum absolute atomic E-state index is 12.6. The summed E-state index contributed by atoms with van der Waals surface area (Å²) in [5.74, 6) is -0.344. The second-order valence-corrected chi connectivity index (χ2v) is 8.27. The molecule has 0 fully saturated rings. The molecule has 0 atom stereocenters. The SMILES string of the molecule is COc1cc(C(=O)NCC(=O)N=Nc2c(O)n(CCc3ccccc3)c3ccccc23)cc(OC)c1OC. The average molecular weight is 517 g/mol. The van der Waals surface area contributed by atoms with Gasteiger partial charge in [0.1, 0.15) is 6.54 Å². The highest BCUT2D eigenvalue weighted by atomic mass is 16.5. The topological polar surface area (TPSA) is 124 Å². The summed E-state index contributed by atoms with van der Waals surface area (Å²) in [6.45, 7) is 0.122. The minimum absolute atomic E-state index is 0.0832. The minimum atomic E-state index is -0.689. The summed E-state index contributed by atoms with van der Waals surface area (Å²) < 4.78 is 17.5. The summed E-state index contributed by atoms with van der Waals surface area (Å²) >= 11 is 0. The molecule has 0 aliphatic carbocycles. The number of aryl methyl sites for hydroxylation is 2. The zero-order valence-corrected chi connectivity index (χ0v) is 21.3. The summed E-state index contributed by atoms with van der Waals surface area (Å²) in [7, 11) is 4.34. The Morgan fingerprint density at radius 3 is 2.24 bits per heavy atom. The molecule has 38 heavy (non-hydrogen) atoms. The van der Waals surface area contributed by atoms with Crippen molar-refractivity contribution in [1.29, 1.82) is 0 Å². The number of nitrogens with zero attached hydrogens (tertiary/aromatic N) is 3. The third kappa shape index (κ3) is 5.59. The maximum Gasteiger partial charge on any atom is 0.283 e. The van der Waals surface area contributed by atoms with Gasteiger partial charge in [0.15, 0.2) is 17.2 Å². The Balaban J connectivity index is 1.47. The molecule has 0 spiro atoms. The quantitative estimate of drug-likeness (QED) is 0.296. The largest absolute Gasteiger partial charge is 0.493 e. The zero-order chi connectivity index (χ0) is 27.1. The van der Waals surface area contributed by atoms with Crippen molar-refractivity contribution in [2.24, 2.45) is 10.2 Å². The third-order valence-corrected chi connectivity index (χ3v) is 5.97. The van der Waals surface area contributed by atoms with Gasteiger partial charge in [0.05, 0.1) is 26.8 Å². The van der Waals surface area contributed by atoms with Crippen LogP contribution in [0.5, 0.6) is 23.1 Å². The fourth-order valence-electron chi connectivity index (χ4n) is 4.09. The number of azo groups is 1. The van der Waals surface area contributed by atoms with Gasteiger partial charge in [-0.25, -0.2) is 0 Å². The Morgan fingerprint density at radius 1 is 0.921 bits per heavy atom. The summed E-state index contributed by atoms with van der Waals surface area (Å²) in [5, 5.41) is 21.8. The van der Waals surface area contributed by atoms with Crippen LogP contribution in [0.4, 0.5) is 5.69 Å². The number of para-hydroxylation sites is 1. The van der Waals surface area contributed by atoms with Crippen LogP contribution in [-0.4, -0.2) is 49.4 Å². The molecule has 0 saturated carbocycles. The van der Waals surface area contributed by atoms with Gasteiger partial charge < -0.3 is 29.2 Å². The van der Waals surface area contributed by atoms with Crippen molar-refractivity contribution in [1.82, 2.24) is 9.88 Å². The predicted molar refractivity (Wildman–Crippen MR) is 142 cm³/mol. The molecular weight excluding hydrogens is 488 g/mol. The van der Waals surface area contributed by atoms with Gasteiger partial charge in [-0.3, -0.25) is 9.59 Å². The summed E-state index contributed by atoms with van der Waals surface area (Å²) in [5.41, 5.74) is 2.31. The van der Waals surface area contributed by atoms with E-state index in [2.05, 4.69) is 15.5 Å². The van der Waals surface area contributed by atoms with Gasteiger partial charge in [0.25, 0.3) is 11.8 Å². The fourth-order valence-corrected chi connectivity index (χ4v) is 4.09. The van der Waals surface area contributed by atoms with Crippen molar-refractivity contribution in [3.05, 3.63) is 77.9 Å². The number of amides is 2. The van der Waals surface area contributed by atoms with Crippen LogP contribution in [0.15, 0.2) is 77.0 Å². The van der Waals surface area contributed by atoms with Gasteiger partial charge in [0, 0.05) is 17.5 Å². The highest BCUT2D eigenvalue weighted by Crippen LogP contribution is 2.39. The second kappa shape index (κ2) is 11.9. The van der Waals surface area contributed by atoms with E-state index in [0.29, 0.717) is 35.6 Å². The monoisotopic (exact) mass is 516 g/mol. The Labute approximate surface area is 219 Å². The first-order chi connectivity index (χ1) is 18.5. The standard InChI is InChI=1S/C28H28N4O6/c1-36-22-15-19(16-23(37-2)26(22)38-3)27(34)29-17-24(33)30-31-25-20-11-7-8-12-21(20)32(28(25)35)14-13-18-9-5-4-6-10-18/h4-12,15-16,35H,13-14,17H2,1-3H3,(H,29,34). The van der Waals surface area contributed by atoms with E-state index in [0.717, 1.165) is 11.1 Å². The molecule has 2 amide bonds. The van der Waals surface area contributed by atoms with Crippen LogP contribution < -0.4 is 19.5 Å². The summed E-state index contributed by atoms with van der Waals surface area (Å²) in [4.78, 5) is 25.1. The zero-order valence-electron chi connectivity index (χ0n) is 21.3. The first-order valence-corrected chi connectivity index (χ1v) is 11.8. The van der Waals surface area contributed by atoms with Gasteiger partial charge in [-0.15, -0.1) is 10.2 Å². The van der Waals surface area contributed by atoms with Crippen molar-refractivity contribution < 1.29 is 28.9 Å². The number of carbonyl (C=O) groups is 2. The van der Waals surface area contributed by atoms with E-state index < -0.39 is 18.4 Å². The molecule has 0 aliphatic heterocycles. The van der Waals surface area contributed by atoms with E-state index in [4.69, 9.17) is 14.2 Å². The summed E-state index contributed by atoms with van der Waals surface area (Å²) in [6, 6.07) is 20.3. The number of carbonyl (C=O) groups excluding carboxylic acids is 2. The number of aromatic nitrogens is 1. The highest BCUT2D eigenvalue weighted by molar-refractivity contribution is 5.98. The first kappa shape index (κ1) is 26.2. The fraction of sp³-hybridized carbons (Fsp3) is 0.214. The number of methoxy groups -OCH3 is 3. The van der Waals surface area contributed by atoms with E-state index in [1.54, 1.807) is 10.6 Å². The molecule has 0 radical (unpaired) electrons. The van der Waals surface area contributed by atoms with Crippen molar-refractivity contribution in [3.63, 3.8) is 0 Å². The van der Waals surface area contributed by atoms with E-state index in [-0.39, 0.29) is 17.1 Å². The van der Waals surface area contributed by atoms with Crippen LogP contribution in [0.25, 0.3) is 10.9 Å². The van der Waals surface area contributed by atoms with Crippen molar-refractivity contribution >= 4 is 28.4 Å². The van der Waals surface area contributed by atoms with Gasteiger partial charge in [-0.2, -0.15) is 0 Å². The second-order valence-electron chi connectivity index (χ2n) is 8.27. The van der Waals surface area contributed by atoms with Gasteiger partial charge >= 0.3 is 0 Å². The molecule has 0 unspecified atom stereocenters. The van der Waals surface area contributed by atoms with Gasteiger partial charge in [-0.05, 0) is 30.2 Å². The number of hydrogen-bond acceptors (Lipinski definition) is 7.